The fraction of sp³-hybridized carbons (Fsp3) is 0.600. The van der Waals surface area contributed by atoms with E-state index in [-0.39, 0.29) is 0 Å². The van der Waals surface area contributed by atoms with E-state index in [1.54, 1.807) is 0 Å². The van der Waals surface area contributed by atoms with Gasteiger partial charge >= 0.3 is 0 Å². The Kier molecular flexibility index (Phi) is 2.89. The number of aromatic nitrogens is 2. The standard InChI is InChI=1S/C10H17N5/c1-8-5-13-15(7-8)4-3-11-10-12-6-9(2)14-10/h5,7,9H,3-4,6H2,1-2H3,(H2,11,12,14). The predicted octanol–water partition coefficient (Wildman–Crippen LogP) is 0.129. The fourth-order valence-electron chi connectivity index (χ4n) is 1.54. The van der Waals surface area contributed by atoms with Crippen molar-refractivity contribution in [1.29, 1.82) is 0 Å². The lowest BCUT2D eigenvalue weighted by atomic mass is 10.4. The molecule has 82 valence electrons. The topological polar surface area (TPSA) is 54.2 Å². The maximum atomic E-state index is 4.32. The Bertz CT molecular complexity index is 354. The van der Waals surface area contributed by atoms with Crippen LogP contribution in [-0.2, 0) is 6.54 Å². The van der Waals surface area contributed by atoms with Crippen LogP contribution in [0.25, 0.3) is 0 Å². The lowest BCUT2D eigenvalue weighted by Crippen LogP contribution is -2.38. The Balaban J connectivity index is 1.71. The average molecular weight is 207 g/mol. The van der Waals surface area contributed by atoms with Gasteiger partial charge in [0.05, 0.1) is 19.3 Å². The van der Waals surface area contributed by atoms with Gasteiger partial charge in [-0.1, -0.05) is 0 Å². The van der Waals surface area contributed by atoms with E-state index in [2.05, 4.69) is 27.6 Å². The van der Waals surface area contributed by atoms with E-state index in [0.29, 0.717) is 6.04 Å². The van der Waals surface area contributed by atoms with Gasteiger partial charge < -0.3 is 10.6 Å². The Hall–Kier alpha value is -1.52. The molecule has 1 atom stereocenters. The lowest BCUT2D eigenvalue weighted by molar-refractivity contribution is 0.598. The van der Waals surface area contributed by atoms with E-state index in [9.17, 15) is 0 Å². The number of hydrogen-bond donors (Lipinski definition) is 2. The maximum Gasteiger partial charge on any atom is 0.191 e. The van der Waals surface area contributed by atoms with Crippen LogP contribution in [0.5, 0.6) is 0 Å². The molecule has 0 amide bonds. The van der Waals surface area contributed by atoms with Gasteiger partial charge in [-0.2, -0.15) is 5.10 Å². The van der Waals surface area contributed by atoms with Crippen molar-refractivity contribution in [2.24, 2.45) is 4.99 Å². The normalized spacial score (nSPS) is 19.9. The summed E-state index contributed by atoms with van der Waals surface area (Å²) in [4.78, 5) is 4.32. The third-order valence-electron chi connectivity index (χ3n) is 2.30. The summed E-state index contributed by atoms with van der Waals surface area (Å²) >= 11 is 0. The van der Waals surface area contributed by atoms with Crippen molar-refractivity contribution in [3.05, 3.63) is 18.0 Å². The van der Waals surface area contributed by atoms with Gasteiger partial charge in [0.15, 0.2) is 5.96 Å². The van der Waals surface area contributed by atoms with Gasteiger partial charge in [-0.05, 0) is 19.4 Å². The molecule has 0 radical (unpaired) electrons. The van der Waals surface area contributed by atoms with Crippen LogP contribution >= 0.6 is 0 Å². The Morgan fingerprint density at radius 1 is 1.67 bits per heavy atom. The number of hydrogen-bond acceptors (Lipinski definition) is 4. The minimum Gasteiger partial charge on any atom is -0.355 e. The minimum absolute atomic E-state index is 0.458. The largest absolute Gasteiger partial charge is 0.355 e. The van der Waals surface area contributed by atoms with Crippen LogP contribution in [0, 0.1) is 6.92 Å². The van der Waals surface area contributed by atoms with Crippen LogP contribution in [0.4, 0.5) is 0 Å². The Morgan fingerprint density at radius 2 is 2.53 bits per heavy atom. The van der Waals surface area contributed by atoms with Gasteiger partial charge in [-0.25, -0.2) is 0 Å². The number of nitrogens with one attached hydrogen (secondary N) is 2. The molecular weight excluding hydrogens is 190 g/mol. The van der Waals surface area contributed by atoms with Crippen LogP contribution in [0.3, 0.4) is 0 Å². The minimum atomic E-state index is 0.458. The van der Waals surface area contributed by atoms with Gasteiger partial charge in [0, 0.05) is 18.8 Å². The third kappa shape index (κ3) is 2.71. The molecule has 1 aromatic rings. The van der Waals surface area contributed by atoms with Crippen LogP contribution < -0.4 is 10.6 Å². The van der Waals surface area contributed by atoms with Crippen LogP contribution in [-0.4, -0.2) is 34.9 Å². The monoisotopic (exact) mass is 207 g/mol. The van der Waals surface area contributed by atoms with E-state index < -0.39 is 0 Å². The summed E-state index contributed by atoms with van der Waals surface area (Å²) in [5.74, 6) is 0.909. The van der Waals surface area contributed by atoms with Crippen molar-refractivity contribution in [2.45, 2.75) is 26.4 Å². The molecule has 2 heterocycles. The molecule has 0 saturated heterocycles. The summed E-state index contributed by atoms with van der Waals surface area (Å²) < 4.78 is 1.93. The van der Waals surface area contributed by atoms with Gasteiger partial charge in [0.25, 0.3) is 0 Å². The molecule has 1 aromatic heterocycles. The van der Waals surface area contributed by atoms with Gasteiger partial charge in [0.2, 0.25) is 0 Å². The zero-order valence-electron chi connectivity index (χ0n) is 9.20. The number of aryl methyl sites for hydroxylation is 1. The zero-order chi connectivity index (χ0) is 10.7. The van der Waals surface area contributed by atoms with Crippen molar-refractivity contribution >= 4 is 5.96 Å². The molecule has 0 bridgehead atoms. The molecule has 0 fully saturated rings. The quantitative estimate of drug-likeness (QED) is 0.740. The summed E-state index contributed by atoms with van der Waals surface area (Å²) in [6.45, 7) is 6.74. The van der Waals surface area contributed by atoms with E-state index in [1.165, 1.54) is 5.56 Å². The van der Waals surface area contributed by atoms with E-state index >= 15 is 0 Å². The molecule has 0 aromatic carbocycles. The summed E-state index contributed by atoms with van der Waals surface area (Å²) in [5.41, 5.74) is 1.19. The van der Waals surface area contributed by atoms with E-state index in [1.807, 2.05) is 24.0 Å². The third-order valence-corrected chi connectivity index (χ3v) is 2.30. The maximum absolute atomic E-state index is 4.32. The van der Waals surface area contributed by atoms with Crippen molar-refractivity contribution in [1.82, 2.24) is 20.4 Å². The Labute approximate surface area is 89.6 Å². The van der Waals surface area contributed by atoms with Crippen molar-refractivity contribution in [2.75, 3.05) is 13.1 Å². The highest BCUT2D eigenvalue weighted by molar-refractivity contribution is 5.81. The summed E-state index contributed by atoms with van der Waals surface area (Å²) in [6.07, 6.45) is 3.90. The zero-order valence-corrected chi connectivity index (χ0v) is 9.20. The van der Waals surface area contributed by atoms with Crippen LogP contribution in [0.15, 0.2) is 17.4 Å². The second kappa shape index (κ2) is 4.33. The SMILES string of the molecule is Cc1cnn(CCNC2=NCC(C)N2)c1. The van der Waals surface area contributed by atoms with Gasteiger partial charge in [-0.3, -0.25) is 9.67 Å². The molecule has 0 aliphatic carbocycles. The number of rotatable bonds is 3. The number of guanidine groups is 1. The highest BCUT2D eigenvalue weighted by Crippen LogP contribution is 1.94. The number of aliphatic imine (C=N–C) groups is 1. The molecule has 5 nitrogen and oxygen atoms in total. The lowest BCUT2D eigenvalue weighted by Gasteiger charge is -2.08. The fourth-order valence-corrected chi connectivity index (χ4v) is 1.54. The molecule has 1 aliphatic heterocycles. The Morgan fingerprint density at radius 3 is 3.13 bits per heavy atom. The van der Waals surface area contributed by atoms with Crippen LogP contribution in [0.1, 0.15) is 12.5 Å². The highest BCUT2D eigenvalue weighted by atomic mass is 15.3. The first-order valence-electron chi connectivity index (χ1n) is 5.28. The van der Waals surface area contributed by atoms with E-state index in [4.69, 9.17) is 0 Å². The molecular formula is C10H17N5. The molecule has 2 rings (SSSR count). The van der Waals surface area contributed by atoms with Crippen LogP contribution in [0.2, 0.25) is 0 Å². The average Bonchev–Trinajstić information content (AvgIpc) is 2.76. The summed E-state index contributed by atoms with van der Waals surface area (Å²) in [5, 5.41) is 10.7. The summed E-state index contributed by atoms with van der Waals surface area (Å²) in [6, 6.07) is 0.458. The molecule has 0 spiro atoms. The van der Waals surface area contributed by atoms with Crippen molar-refractivity contribution in [3.8, 4) is 0 Å². The molecule has 15 heavy (non-hydrogen) atoms. The molecule has 0 saturated carbocycles. The van der Waals surface area contributed by atoms with E-state index in [0.717, 1.165) is 25.6 Å². The molecule has 1 aliphatic rings. The second-order valence-electron chi connectivity index (χ2n) is 3.94. The molecule has 5 heteroatoms. The predicted molar refractivity (Wildman–Crippen MR) is 59.9 cm³/mol. The van der Waals surface area contributed by atoms with Gasteiger partial charge in [0.1, 0.15) is 0 Å². The second-order valence-corrected chi connectivity index (χ2v) is 3.94. The summed E-state index contributed by atoms with van der Waals surface area (Å²) in [7, 11) is 0. The van der Waals surface area contributed by atoms with Crippen molar-refractivity contribution in [3.63, 3.8) is 0 Å². The smallest absolute Gasteiger partial charge is 0.191 e. The van der Waals surface area contributed by atoms with Gasteiger partial charge in [-0.15, -0.1) is 0 Å². The first kappa shape index (κ1) is 10.0. The molecule has 2 N–H and O–H groups in total. The first-order valence-corrected chi connectivity index (χ1v) is 5.28. The number of nitrogens with zero attached hydrogens (tertiary/aromatic N) is 3. The molecule has 1 unspecified atom stereocenters. The first-order chi connectivity index (χ1) is 7.24. The van der Waals surface area contributed by atoms with Crippen molar-refractivity contribution < 1.29 is 0 Å². The highest BCUT2D eigenvalue weighted by Gasteiger charge is 2.10.